The van der Waals surface area contributed by atoms with Crippen LogP contribution in [0.1, 0.15) is 20.3 Å². The molecule has 2 atom stereocenters. The fraction of sp³-hybridized carbons (Fsp3) is 0.800. The molecule has 1 N–H and O–H groups in total. The summed E-state index contributed by atoms with van der Waals surface area (Å²) >= 11 is 0. The van der Waals surface area contributed by atoms with Gasteiger partial charge in [0, 0.05) is 13.6 Å². The van der Waals surface area contributed by atoms with Gasteiger partial charge >= 0.3 is 0 Å². The molecule has 5 heteroatoms. The second-order valence-electron chi connectivity index (χ2n) is 4.10. The van der Waals surface area contributed by atoms with Gasteiger partial charge in [-0.05, 0) is 20.3 Å². The zero-order chi connectivity index (χ0) is 11.6. The van der Waals surface area contributed by atoms with E-state index in [1.807, 2.05) is 0 Å². The molecule has 0 aromatic carbocycles. The molecule has 0 aliphatic carbocycles. The van der Waals surface area contributed by atoms with Crippen LogP contribution in [0.4, 0.5) is 0 Å². The van der Waals surface area contributed by atoms with E-state index < -0.39 is 12.1 Å². The van der Waals surface area contributed by atoms with Gasteiger partial charge in [0.1, 0.15) is 6.04 Å². The first-order valence-corrected chi connectivity index (χ1v) is 5.16. The summed E-state index contributed by atoms with van der Waals surface area (Å²) in [7, 11) is 1.63. The van der Waals surface area contributed by atoms with Gasteiger partial charge in [-0.1, -0.05) is 0 Å². The van der Waals surface area contributed by atoms with Crippen LogP contribution >= 0.6 is 0 Å². The van der Waals surface area contributed by atoms with Crippen LogP contribution in [0.2, 0.25) is 0 Å². The van der Waals surface area contributed by atoms with Crippen molar-refractivity contribution in [3.8, 4) is 0 Å². The largest absolute Gasteiger partial charge is 0.393 e. The lowest BCUT2D eigenvalue weighted by molar-refractivity contribution is -0.153. The first kappa shape index (κ1) is 12.0. The lowest BCUT2D eigenvalue weighted by Crippen LogP contribution is -2.57. The van der Waals surface area contributed by atoms with Gasteiger partial charge in [0.2, 0.25) is 11.8 Å². The molecule has 1 fully saturated rings. The van der Waals surface area contributed by atoms with Crippen molar-refractivity contribution in [3.05, 3.63) is 0 Å². The van der Waals surface area contributed by atoms with Crippen molar-refractivity contribution in [2.75, 3.05) is 20.1 Å². The van der Waals surface area contributed by atoms with Crippen molar-refractivity contribution in [1.82, 2.24) is 9.80 Å². The molecule has 2 unspecified atom stereocenters. The summed E-state index contributed by atoms with van der Waals surface area (Å²) in [6.07, 6.45) is 0.0623. The topological polar surface area (TPSA) is 60.9 Å². The Kier molecular flexibility index (Phi) is 3.68. The molecule has 15 heavy (non-hydrogen) atoms. The Hall–Kier alpha value is -1.10. The third-order valence-electron chi connectivity index (χ3n) is 2.68. The Morgan fingerprint density at radius 3 is 2.67 bits per heavy atom. The molecule has 2 amide bonds. The number of piperazine rings is 1. The quantitative estimate of drug-likeness (QED) is 0.685. The van der Waals surface area contributed by atoms with Crippen LogP contribution in [-0.4, -0.2) is 59.0 Å². The molecule has 1 aliphatic heterocycles. The highest BCUT2D eigenvalue weighted by Crippen LogP contribution is 2.11. The molecule has 0 aromatic heterocycles. The molecular weight excluding hydrogens is 196 g/mol. The summed E-state index contributed by atoms with van der Waals surface area (Å²) in [6.45, 7) is 3.98. The molecule has 1 rings (SSSR count). The first-order chi connectivity index (χ1) is 6.93. The van der Waals surface area contributed by atoms with Gasteiger partial charge in [-0.15, -0.1) is 0 Å². The number of carbonyl (C=O) groups is 2. The summed E-state index contributed by atoms with van der Waals surface area (Å²) in [5.41, 5.74) is 0. The van der Waals surface area contributed by atoms with E-state index in [2.05, 4.69) is 0 Å². The Labute approximate surface area is 89.7 Å². The summed E-state index contributed by atoms with van der Waals surface area (Å²) in [4.78, 5) is 26.2. The Morgan fingerprint density at radius 2 is 2.13 bits per heavy atom. The number of carbonyl (C=O) groups excluding carboxylic acids is 2. The Bertz CT molecular complexity index is 265. The predicted octanol–water partition coefficient (Wildman–Crippen LogP) is -0.554. The van der Waals surface area contributed by atoms with Crippen molar-refractivity contribution >= 4 is 11.8 Å². The molecule has 0 spiro atoms. The van der Waals surface area contributed by atoms with Crippen LogP contribution in [0.25, 0.3) is 0 Å². The van der Waals surface area contributed by atoms with Gasteiger partial charge in [-0.3, -0.25) is 9.59 Å². The molecule has 0 saturated carbocycles. The monoisotopic (exact) mass is 214 g/mol. The van der Waals surface area contributed by atoms with Gasteiger partial charge in [0.15, 0.2) is 0 Å². The van der Waals surface area contributed by atoms with Crippen LogP contribution in [0.5, 0.6) is 0 Å². The maximum atomic E-state index is 11.6. The van der Waals surface area contributed by atoms with E-state index in [0.29, 0.717) is 13.0 Å². The van der Waals surface area contributed by atoms with Crippen LogP contribution < -0.4 is 0 Å². The number of likely N-dealkylation sites (N-methyl/N-ethyl adjacent to an activating group) is 1. The number of aliphatic hydroxyl groups is 1. The number of rotatable bonds is 3. The smallest absolute Gasteiger partial charge is 0.245 e. The fourth-order valence-corrected chi connectivity index (χ4v) is 1.68. The normalized spacial score (nSPS) is 24.7. The zero-order valence-corrected chi connectivity index (χ0v) is 9.43. The van der Waals surface area contributed by atoms with E-state index in [1.54, 1.807) is 20.9 Å². The van der Waals surface area contributed by atoms with Crippen LogP contribution in [-0.2, 0) is 9.59 Å². The maximum Gasteiger partial charge on any atom is 0.245 e. The molecule has 1 aliphatic rings. The third-order valence-corrected chi connectivity index (χ3v) is 2.68. The highest BCUT2D eigenvalue weighted by atomic mass is 16.3. The molecule has 0 bridgehead atoms. The number of hydrogen-bond acceptors (Lipinski definition) is 3. The Balaban J connectivity index is 2.62. The van der Waals surface area contributed by atoms with Gasteiger partial charge < -0.3 is 14.9 Å². The lowest BCUT2D eigenvalue weighted by Gasteiger charge is -2.37. The summed E-state index contributed by atoms with van der Waals surface area (Å²) in [5.74, 6) is -0.0922. The van der Waals surface area contributed by atoms with Gasteiger partial charge in [0.25, 0.3) is 0 Å². The summed E-state index contributed by atoms with van der Waals surface area (Å²) < 4.78 is 0. The predicted molar refractivity (Wildman–Crippen MR) is 55.1 cm³/mol. The van der Waals surface area contributed by atoms with E-state index in [4.69, 9.17) is 5.11 Å². The van der Waals surface area contributed by atoms with E-state index in [9.17, 15) is 9.59 Å². The maximum absolute atomic E-state index is 11.6. The molecule has 1 saturated heterocycles. The minimum atomic E-state index is -0.445. The van der Waals surface area contributed by atoms with Crippen molar-refractivity contribution in [3.63, 3.8) is 0 Å². The van der Waals surface area contributed by atoms with E-state index in [1.165, 1.54) is 9.80 Å². The van der Waals surface area contributed by atoms with Crippen molar-refractivity contribution in [1.29, 1.82) is 0 Å². The average molecular weight is 214 g/mol. The second kappa shape index (κ2) is 4.61. The van der Waals surface area contributed by atoms with Gasteiger partial charge in [-0.25, -0.2) is 0 Å². The lowest BCUT2D eigenvalue weighted by atomic mass is 10.1. The summed E-state index contributed by atoms with van der Waals surface area (Å²) in [5, 5.41) is 9.14. The van der Waals surface area contributed by atoms with Crippen LogP contribution in [0.3, 0.4) is 0 Å². The van der Waals surface area contributed by atoms with Crippen molar-refractivity contribution < 1.29 is 14.7 Å². The number of nitrogens with zero attached hydrogens (tertiary/aromatic N) is 2. The first-order valence-electron chi connectivity index (χ1n) is 5.16. The SMILES string of the molecule is CC(O)CCN1C(=O)CN(C)C(=O)C1C. The van der Waals surface area contributed by atoms with E-state index >= 15 is 0 Å². The summed E-state index contributed by atoms with van der Waals surface area (Å²) in [6, 6.07) is -0.407. The molecule has 1 heterocycles. The van der Waals surface area contributed by atoms with Crippen molar-refractivity contribution in [2.24, 2.45) is 0 Å². The molecule has 5 nitrogen and oxygen atoms in total. The Morgan fingerprint density at radius 1 is 1.53 bits per heavy atom. The van der Waals surface area contributed by atoms with Gasteiger partial charge in [0.05, 0.1) is 12.6 Å². The molecule has 0 radical (unpaired) electrons. The number of hydrogen-bond donors (Lipinski definition) is 1. The highest BCUT2D eigenvalue weighted by Gasteiger charge is 2.34. The van der Waals surface area contributed by atoms with Crippen LogP contribution in [0.15, 0.2) is 0 Å². The fourth-order valence-electron chi connectivity index (χ4n) is 1.68. The second-order valence-corrected chi connectivity index (χ2v) is 4.10. The third kappa shape index (κ3) is 2.68. The minimum Gasteiger partial charge on any atom is -0.393 e. The number of amides is 2. The molecule has 0 aromatic rings. The van der Waals surface area contributed by atoms with E-state index in [-0.39, 0.29) is 18.4 Å². The zero-order valence-electron chi connectivity index (χ0n) is 9.43. The van der Waals surface area contributed by atoms with Crippen LogP contribution in [0, 0.1) is 0 Å². The minimum absolute atomic E-state index is 0.0415. The number of aliphatic hydroxyl groups excluding tert-OH is 1. The molecular formula is C10H18N2O3. The average Bonchev–Trinajstić information content (AvgIpc) is 2.14. The molecule has 86 valence electrons. The van der Waals surface area contributed by atoms with Crippen molar-refractivity contribution in [2.45, 2.75) is 32.4 Å². The standard InChI is InChI=1S/C10H18N2O3/c1-7(13)4-5-12-8(2)10(15)11(3)6-9(12)14/h7-8,13H,4-6H2,1-3H3. The van der Waals surface area contributed by atoms with E-state index in [0.717, 1.165) is 0 Å². The highest BCUT2D eigenvalue weighted by molar-refractivity contribution is 5.94. The van der Waals surface area contributed by atoms with Gasteiger partial charge in [-0.2, -0.15) is 0 Å².